The minimum Gasteiger partial charge on any atom is -0.463 e. The Bertz CT molecular complexity index is 709. The van der Waals surface area contributed by atoms with Crippen LogP contribution in [0.2, 0.25) is 0 Å². The van der Waals surface area contributed by atoms with Crippen LogP contribution in [0.1, 0.15) is 19.4 Å². The molecule has 0 saturated heterocycles. The van der Waals surface area contributed by atoms with Crippen molar-refractivity contribution in [1.82, 2.24) is 0 Å². The minimum absolute atomic E-state index is 0.317. The van der Waals surface area contributed by atoms with Crippen LogP contribution in [0.25, 0.3) is 0 Å². The molecule has 0 atom stereocenters. The molecule has 1 aliphatic heterocycles. The van der Waals surface area contributed by atoms with Gasteiger partial charge in [-0.15, -0.1) is 0 Å². The monoisotopic (exact) mass is 327 g/mol. The van der Waals surface area contributed by atoms with Gasteiger partial charge in [0.25, 0.3) is 0 Å². The third-order valence-corrected chi connectivity index (χ3v) is 3.34. The third kappa shape index (κ3) is 2.94. The van der Waals surface area contributed by atoms with Gasteiger partial charge in [0, 0.05) is 0 Å². The van der Waals surface area contributed by atoms with Crippen molar-refractivity contribution in [3.05, 3.63) is 29.6 Å². The van der Waals surface area contributed by atoms with E-state index in [2.05, 4.69) is 9.18 Å². The topological polar surface area (TPSA) is 65.0 Å². The molecule has 0 unspecified atom stereocenters. The van der Waals surface area contributed by atoms with E-state index in [0.717, 1.165) is 18.2 Å². The molecule has 0 radical (unpaired) electrons. The average Bonchev–Trinajstić information content (AvgIpc) is 2.27. The standard InChI is InChI=1S/C11H9F4NO4S/c1-10(2)16-9(20-21(17,18)11(13,14)15)6-4-3-5-7(12)8(6)19-10/h3-5H,1-2H3. The second-order valence-corrected chi connectivity index (χ2v) is 6.10. The quantitative estimate of drug-likeness (QED) is 0.452. The van der Waals surface area contributed by atoms with Crippen molar-refractivity contribution in [3.63, 3.8) is 0 Å². The highest BCUT2D eigenvalue weighted by Crippen LogP contribution is 2.35. The summed E-state index contributed by atoms with van der Waals surface area (Å²) in [5, 5.41) is 0. The zero-order valence-electron chi connectivity index (χ0n) is 10.7. The lowest BCUT2D eigenvalue weighted by atomic mass is 10.1. The number of alkyl halides is 3. The Morgan fingerprint density at radius 2 is 1.90 bits per heavy atom. The summed E-state index contributed by atoms with van der Waals surface area (Å²) in [5.74, 6) is -2.18. The number of nitrogens with zero attached hydrogens (tertiary/aromatic N) is 1. The predicted molar refractivity (Wildman–Crippen MR) is 63.7 cm³/mol. The van der Waals surface area contributed by atoms with E-state index in [9.17, 15) is 26.0 Å². The molecule has 1 aromatic rings. The maximum atomic E-state index is 13.6. The summed E-state index contributed by atoms with van der Waals surface area (Å²) >= 11 is 0. The maximum Gasteiger partial charge on any atom is 0.534 e. The van der Waals surface area contributed by atoms with Gasteiger partial charge in [-0.1, -0.05) is 6.07 Å². The number of hydrogen-bond donors (Lipinski definition) is 0. The van der Waals surface area contributed by atoms with Crippen molar-refractivity contribution in [2.24, 2.45) is 4.99 Å². The molecule has 1 aromatic carbocycles. The maximum absolute atomic E-state index is 13.6. The van der Waals surface area contributed by atoms with Crippen molar-refractivity contribution >= 4 is 16.0 Å². The SMILES string of the molecule is CC1(C)N=C(OS(=O)(=O)C(F)(F)F)c2cccc(F)c2O1. The highest BCUT2D eigenvalue weighted by molar-refractivity contribution is 7.88. The van der Waals surface area contributed by atoms with Crippen LogP contribution in [0.5, 0.6) is 5.75 Å². The molecular weight excluding hydrogens is 318 g/mol. The summed E-state index contributed by atoms with van der Waals surface area (Å²) in [5.41, 5.74) is -7.42. The Morgan fingerprint density at radius 1 is 1.29 bits per heavy atom. The van der Waals surface area contributed by atoms with E-state index < -0.39 is 38.8 Å². The molecule has 21 heavy (non-hydrogen) atoms. The van der Waals surface area contributed by atoms with Gasteiger partial charge in [-0.25, -0.2) is 9.38 Å². The molecule has 0 spiro atoms. The lowest BCUT2D eigenvalue weighted by molar-refractivity contribution is -0.0506. The van der Waals surface area contributed by atoms with E-state index in [0.29, 0.717) is 0 Å². The molecule has 1 heterocycles. The second-order valence-electron chi connectivity index (χ2n) is 4.57. The van der Waals surface area contributed by atoms with Crippen LogP contribution in [0.3, 0.4) is 0 Å². The van der Waals surface area contributed by atoms with Crippen LogP contribution in [-0.4, -0.2) is 25.5 Å². The summed E-state index contributed by atoms with van der Waals surface area (Å²) in [7, 11) is -5.91. The predicted octanol–water partition coefficient (Wildman–Crippen LogP) is 2.57. The van der Waals surface area contributed by atoms with Gasteiger partial charge in [-0.05, 0) is 26.0 Å². The number of rotatable bonds is 1. The fourth-order valence-electron chi connectivity index (χ4n) is 1.57. The van der Waals surface area contributed by atoms with Crippen LogP contribution in [-0.2, 0) is 14.3 Å². The van der Waals surface area contributed by atoms with Crippen molar-refractivity contribution < 1.29 is 34.9 Å². The molecule has 0 aromatic heterocycles. The van der Waals surface area contributed by atoms with Gasteiger partial charge in [0.2, 0.25) is 5.90 Å². The summed E-state index contributed by atoms with van der Waals surface area (Å²) in [6, 6.07) is 3.31. The molecule has 5 nitrogen and oxygen atoms in total. The molecule has 0 saturated carbocycles. The third-order valence-electron chi connectivity index (χ3n) is 2.39. The van der Waals surface area contributed by atoms with E-state index >= 15 is 0 Å². The molecule has 0 fully saturated rings. The molecular formula is C11H9F4NO4S. The highest BCUT2D eigenvalue weighted by atomic mass is 32.2. The molecule has 0 amide bonds. The number of benzene rings is 1. The number of fused-ring (bicyclic) bond motifs is 1. The number of aliphatic imine (C=N–C) groups is 1. The number of halogens is 4. The van der Waals surface area contributed by atoms with Crippen LogP contribution in [0.4, 0.5) is 17.6 Å². The molecule has 0 N–H and O–H groups in total. The average molecular weight is 327 g/mol. The number of hydrogen-bond acceptors (Lipinski definition) is 5. The largest absolute Gasteiger partial charge is 0.534 e. The second kappa shape index (κ2) is 4.58. The van der Waals surface area contributed by atoms with E-state index in [1.165, 1.54) is 13.8 Å². The lowest BCUT2D eigenvalue weighted by Crippen LogP contribution is -2.36. The highest BCUT2D eigenvalue weighted by Gasteiger charge is 2.50. The fraction of sp³-hybridized carbons (Fsp3) is 0.364. The molecule has 10 heteroatoms. The number of ether oxygens (including phenoxy) is 1. The Kier molecular flexibility index (Phi) is 3.39. The zero-order valence-corrected chi connectivity index (χ0v) is 11.5. The Morgan fingerprint density at radius 3 is 2.48 bits per heavy atom. The van der Waals surface area contributed by atoms with Crippen molar-refractivity contribution in [3.8, 4) is 5.75 Å². The summed E-state index contributed by atoms with van der Waals surface area (Å²) in [6.45, 7) is 2.62. The first-order chi connectivity index (χ1) is 9.43. The van der Waals surface area contributed by atoms with Gasteiger partial charge < -0.3 is 8.92 Å². The van der Waals surface area contributed by atoms with Gasteiger partial charge >= 0.3 is 15.6 Å². The summed E-state index contributed by atoms with van der Waals surface area (Å²) < 4.78 is 82.0. The van der Waals surface area contributed by atoms with Gasteiger partial charge in [0.1, 0.15) is 0 Å². The normalized spacial score (nSPS) is 17.5. The van der Waals surface area contributed by atoms with Crippen molar-refractivity contribution in [2.45, 2.75) is 25.1 Å². The molecule has 0 aliphatic carbocycles. The summed E-state index contributed by atoms with van der Waals surface area (Å²) in [4.78, 5) is 3.62. The van der Waals surface area contributed by atoms with E-state index in [4.69, 9.17) is 4.74 Å². The molecule has 0 bridgehead atoms. The Balaban J connectivity index is 2.54. The van der Waals surface area contributed by atoms with Crippen molar-refractivity contribution in [2.75, 3.05) is 0 Å². The number of para-hydroxylation sites is 1. The Hall–Kier alpha value is -1.84. The smallest absolute Gasteiger partial charge is 0.463 e. The molecule has 2 rings (SSSR count). The minimum atomic E-state index is -5.91. The van der Waals surface area contributed by atoms with Gasteiger partial charge in [-0.2, -0.15) is 21.6 Å². The van der Waals surface area contributed by atoms with Crippen LogP contribution >= 0.6 is 0 Å². The van der Waals surface area contributed by atoms with Crippen molar-refractivity contribution in [1.29, 1.82) is 0 Å². The van der Waals surface area contributed by atoms with E-state index in [1.54, 1.807) is 0 Å². The van der Waals surface area contributed by atoms with E-state index in [-0.39, 0.29) is 5.56 Å². The lowest BCUT2D eigenvalue weighted by Gasteiger charge is -2.29. The first-order valence-electron chi connectivity index (χ1n) is 5.51. The Labute approximate surface area is 117 Å². The van der Waals surface area contributed by atoms with Crippen LogP contribution in [0.15, 0.2) is 23.2 Å². The molecule has 116 valence electrons. The van der Waals surface area contributed by atoms with Gasteiger partial charge in [0.15, 0.2) is 17.3 Å². The zero-order chi connectivity index (χ0) is 16.1. The van der Waals surface area contributed by atoms with Gasteiger partial charge in [0.05, 0.1) is 5.56 Å². The molecule has 1 aliphatic rings. The summed E-state index contributed by atoms with van der Waals surface area (Å²) in [6.07, 6.45) is 0. The fourth-order valence-corrected chi connectivity index (χ4v) is 2.00. The van der Waals surface area contributed by atoms with Gasteiger partial charge in [-0.3, -0.25) is 0 Å². The first kappa shape index (κ1) is 15.5. The van der Waals surface area contributed by atoms with E-state index in [1.807, 2.05) is 0 Å². The first-order valence-corrected chi connectivity index (χ1v) is 6.92. The van der Waals surface area contributed by atoms with Crippen LogP contribution in [0, 0.1) is 5.82 Å². The van der Waals surface area contributed by atoms with Crippen LogP contribution < -0.4 is 4.74 Å².